The number of aliphatic hydroxyl groups is 1. The van der Waals surface area contributed by atoms with E-state index in [1.54, 1.807) is 0 Å². The maximum atomic E-state index is 9.59. The summed E-state index contributed by atoms with van der Waals surface area (Å²) in [5, 5.41) is 9.59. The molecule has 0 amide bonds. The zero-order valence-electron chi connectivity index (χ0n) is 9.75. The van der Waals surface area contributed by atoms with Crippen LogP contribution in [0.1, 0.15) is 64.2 Å². The van der Waals surface area contributed by atoms with E-state index in [9.17, 15) is 5.11 Å². The van der Waals surface area contributed by atoms with E-state index in [1.807, 2.05) is 0 Å². The van der Waals surface area contributed by atoms with Gasteiger partial charge in [0.05, 0.1) is 6.10 Å². The smallest absolute Gasteiger partial charge is 0.0540 e. The van der Waals surface area contributed by atoms with E-state index in [4.69, 9.17) is 0 Å². The summed E-state index contributed by atoms with van der Waals surface area (Å²) in [6.45, 7) is 0. The van der Waals surface area contributed by atoms with Gasteiger partial charge < -0.3 is 5.11 Å². The number of fused-ring (bicyclic) bond motifs is 3. The molecule has 0 aliphatic heterocycles. The lowest BCUT2D eigenvalue weighted by atomic mass is 9.53. The van der Waals surface area contributed by atoms with Crippen molar-refractivity contribution in [3.05, 3.63) is 0 Å². The third-order valence-corrected chi connectivity index (χ3v) is 5.71. The first-order valence-corrected chi connectivity index (χ1v) is 6.97. The van der Waals surface area contributed by atoms with Gasteiger partial charge in [-0.05, 0) is 81.5 Å². The van der Waals surface area contributed by atoms with Gasteiger partial charge in [0.25, 0.3) is 0 Å². The Balaban J connectivity index is 1.69. The average molecular weight is 208 g/mol. The van der Waals surface area contributed by atoms with Crippen LogP contribution in [0, 0.1) is 17.3 Å². The minimum absolute atomic E-state index is 0.0255. The van der Waals surface area contributed by atoms with Crippen LogP contribution in [0.5, 0.6) is 0 Å². The molecule has 4 rings (SSSR count). The summed E-state index contributed by atoms with van der Waals surface area (Å²) < 4.78 is 0. The van der Waals surface area contributed by atoms with Crippen LogP contribution in [0.4, 0.5) is 0 Å². The van der Waals surface area contributed by atoms with Gasteiger partial charge in [-0.15, -0.1) is 0 Å². The Labute approximate surface area is 93.3 Å². The van der Waals surface area contributed by atoms with E-state index < -0.39 is 0 Å². The average Bonchev–Trinajstić information content (AvgIpc) is 2.32. The van der Waals surface area contributed by atoms with E-state index in [-0.39, 0.29) is 6.10 Å². The molecule has 4 fully saturated rings. The van der Waals surface area contributed by atoms with E-state index in [0.717, 1.165) is 30.1 Å². The zero-order chi connectivity index (χ0) is 10.3. The second-order valence-corrected chi connectivity index (χ2v) is 6.35. The van der Waals surface area contributed by atoms with Gasteiger partial charge in [-0.1, -0.05) is 0 Å². The van der Waals surface area contributed by atoms with Gasteiger partial charge in [0.2, 0.25) is 0 Å². The molecule has 0 spiro atoms. The largest absolute Gasteiger partial charge is 0.393 e. The summed E-state index contributed by atoms with van der Waals surface area (Å²) in [6, 6.07) is 0. The van der Waals surface area contributed by atoms with Crippen LogP contribution in [0.15, 0.2) is 0 Å². The van der Waals surface area contributed by atoms with Crippen molar-refractivity contribution in [2.24, 2.45) is 17.3 Å². The molecule has 4 aliphatic rings. The summed E-state index contributed by atoms with van der Waals surface area (Å²) in [4.78, 5) is 0. The third-order valence-electron chi connectivity index (χ3n) is 5.71. The Kier molecular flexibility index (Phi) is 2.54. The monoisotopic (exact) mass is 208 g/mol. The van der Waals surface area contributed by atoms with Crippen molar-refractivity contribution in [3.8, 4) is 0 Å². The fraction of sp³-hybridized carbons (Fsp3) is 1.00. The molecule has 4 aliphatic carbocycles. The molecule has 1 nitrogen and oxygen atoms in total. The second-order valence-electron chi connectivity index (χ2n) is 6.35. The second kappa shape index (κ2) is 3.76. The minimum Gasteiger partial charge on any atom is -0.393 e. The molecule has 2 bridgehead atoms. The van der Waals surface area contributed by atoms with Crippen molar-refractivity contribution in [1.82, 2.24) is 0 Å². The van der Waals surface area contributed by atoms with E-state index in [1.165, 1.54) is 51.4 Å². The third kappa shape index (κ3) is 1.73. The van der Waals surface area contributed by atoms with Crippen LogP contribution >= 0.6 is 0 Å². The van der Waals surface area contributed by atoms with Crippen LogP contribution in [0.3, 0.4) is 0 Å². The number of hydrogen-bond donors (Lipinski definition) is 1. The van der Waals surface area contributed by atoms with Gasteiger partial charge >= 0.3 is 0 Å². The molecule has 15 heavy (non-hydrogen) atoms. The number of rotatable bonds is 1. The van der Waals surface area contributed by atoms with Gasteiger partial charge in [0, 0.05) is 0 Å². The Hall–Kier alpha value is -0.0400. The fourth-order valence-electron chi connectivity index (χ4n) is 4.58. The van der Waals surface area contributed by atoms with Crippen LogP contribution in [0.2, 0.25) is 0 Å². The number of hydrogen-bond acceptors (Lipinski definition) is 1. The van der Waals surface area contributed by atoms with Crippen LogP contribution in [-0.2, 0) is 0 Å². The Morgan fingerprint density at radius 1 is 0.733 bits per heavy atom. The highest BCUT2D eigenvalue weighted by atomic mass is 16.3. The van der Waals surface area contributed by atoms with Gasteiger partial charge in [-0.3, -0.25) is 0 Å². The zero-order valence-corrected chi connectivity index (χ0v) is 9.75. The van der Waals surface area contributed by atoms with Gasteiger partial charge in [-0.25, -0.2) is 0 Å². The lowest BCUT2D eigenvalue weighted by molar-refractivity contribution is -0.0257. The quantitative estimate of drug-likeness (QED) is 0.699. The maximum Gasteiger partial charge on any atom is 0.0540 e. The molecular formula is C14H24O. The SMILES string of the molecule is OC1CCC(C23CCC(CC2)CC3)CC1. The van der Waals surface area contributed by atoms with Crippen molar-refractivity contribution in [2.75, 3.05) is 0 Å². The highest BCUT2D eigenvalue weighted by Crippen LogP contribution is 2.57. The summed E-state index contributed by atoms with van der Waals surface area (Å²) in [5.41, 5.74) is 0.731. The van der Waals surface area contributed by atoms with Crippen molar-refractivity contribution < 1.29 is 5.11 Å². The summed E-state index contributed by atoms with van der Waals surface area (Å²) >= 11 is 0. The molecule has 0 aromatic heterocycles. The molecule has 0 heterocycles. The molecule has 0 saturated heterocycles. The van der Waals surface area contributed by atoms with Gasteiger partial charge in [0.15, 0.2) is 0 Å². The predicted molar refractivity (Wildman–Crippen MR) is 61.6 cm³/mol. The summed E-state index contributed by atoms with van der Waals surface area (Å²) in [6.07, 6.45) is 13.9. The topological polar surface area (TPSA) is 20.2 Å². The lowest BCUT2D eigenvalue weighted by Crippen LogP contribution is -2.41. The molecule has 0 unspecified atom stereocenters. The molecule has 0 aromatic carbocycles. The molecule has 4 saturated carbocycles. The normalized spacial score (nSPS) is 50.6. The van der Waals surface area contributed by atoms with Crippen LogP contribution < -0.4 is 0 Å². The van der Waals surface area contributed by atoms with Gasteiger partial charge in [0.1, 0.15) is 0 Å². The first-order valence-electron chi connectivity index (χ1n) is 6.97. The highest BCUT2D eigenvalue weighted by Gasteiger charge is 2.45. The molecule has 0 radical (unpaired) electrons. The number of aliphatic hydroxyl groups excluding tert-OH is 1. The van der Waals surface area contributed by atoms with Crippen molar-refractivity contribution in [1.29, 1.82) is 0 Å². The van der Waals surface area contributed by atoms with E-state index >= 15 is 0 Å². The van der Waals surface area contributed by atoms with Crippen molar-refractivity contribution in [3.63, 3.8) is 0 Å². The maximum absolute atomic E-state index is 9.59. The molecule has 0 aromatic rings. The fourth-order valence-corrected chi connectivity index (χ4v) is 4.58. The molecular weight excluding hydrogens is 184 g/mol. The standard InChI is InChI=1S/C14H24O/c15-13-3-1-12(2-4-13)14-8-5-11(6-9-14)7-10-14/h11-13,15H,1-10H2. The molecule has 0 atom stereocenters. The van der Waals surface area contributed by atoms with Crippen LogP contribution in [-0.4, -0.2) is 11.2 Å². The Morgan fingerprint density at radius 2 is 1.27 bits per heavy atom. The summed E-state index contributed by atoms with van der Waals surface area (Å²) in [5.74, 6) is 2.04. The van der Waals surface area contributed by atoms with Crippen molar-refractivity contribution in [2.45, 2.75) is 70.3 Å². The minimum atomic E-state index is 0.0255. The van der Waals surface area contributed by atoms with E-state index in [2.05, 4.69) is 0 Å². The highest BCUT2D eigenvalue weighted by molar-refractivity contribution is 4.97. The molecule has 1 heteroatoms. The van der Waals surface area contributed by atoms with E-state index in [0.29, 0.717) is 0 Å². The Bertz CT molecular complexity index is 206. The molecule has 86 valence electrons. The van der Waals surface area contributed by atoms with Gasteiger partial charge in [-0.2, -0.15) is 0 Å². The lowest BCUT2D eigenvalue weighted by Gasteiger charge is -2.52. The first-order chi connectivity index (χ1) is 7.28. The van der Waals surface area contributed by atoms with Crippen molar-refractivity contribution >= 4 is 0 Å². The van der Waals surface area contributed by atoms with Crippen LogP contribution in [0.25, 0.3) is 0 Å². The summed E-state index contributed by atoms with van der Waals surface area (Å²) in [7, 11) is 0. The Morgan fingerprint density at radius 3 is 1.80 bits per heavy atom. The predicted octanol–water partition coefficient (Wildman–Crippen LogP) is 3.51. The first kappa shape index (κ1) is 10.1. The molecule has 1 N–H and O–H groups in total.